The predicted octanol–water partition coefficient (Wildman–Crippen LogP) is 3.12. The zero-order valence-electron chi connectivity index (χ0n) is 8.54. The van der Waals surface area contributed by atoms with Gasteiger partial charge in [-0.3, -0.25) is 0 Å². The van der Waals surface area contributed by atoms with Crippen LogP contribution in [0.25, 0.3) is 0 Å². The maximum Gasteiger partial charge on any atom is 0.141 e. The van der Waals surface area contributed by atoms with Crippen LogP contribution in [0, 0.1) is 5.82 Å². The highest BCUT2D eigenvalue weighted by Crippen LogP contribution is 2.19. The van der Waals surface area contributed by atoms with Crippen LogP contribution in [0.1, 0.15) is 17.1 Å². The van der Waals surface area contributed by atoms with Gasteiger partial charge in [0.15, 0.2) is 0 Å². The molecule has 0 bridgehead atoms. The number of rotatable bonds is 3. The third-order valence-electron chi connectivity index (χ3n) is 2.28. The SMILES string of the molecule is NCc1ccc(Cc2ccc(F)c(Cl)c2)o1. The molecular weight excluding hydrogens is 229 g/mol. The van der Waals surface area contributed by atoms with Gasteiger partial charge in [-0.05, 0) is 29.8 Å². The van der Waals surface area contributed by atoms with Gasteiger partial charge in [0.25, 0.3) is 0 Å². The van der Waals surface area contributed by atoms with Crippen molar-refractivity contribution in [3.8, 4) is 0 Å². The van der Waals surface area contributed by atoms with Crippen LogP contribution in [0.15, 0.2) is 34.7 Å². The summed E-state index contributed by atoms with van der Waals surface area (Å²) in [5, 5.41) is 0.128. The molecule has 2 N–H and O–H groups in total. The van der Waals surface area contributed by atoms with Gasteiger partial charge < -0.3 is 10.2 Å². The Morgan fingerprint density at radius 2 is 1.94 bits per heavy atom. The Morgan fingerprint density at radius 3 is 2.56 bits per heavy atom. The molecule has 1 aromatic heterocycles. The average Bonchev–Trinajstić information content (AvgIpc) is 2.71. The van der Waals surface area contributed by atoms with Gasteiger partial charge in [0.2, 0.25) is 0 Å². The molecule has 2 rings (SSSR count). The average molecular weight is 240 g/mol. The second-order valence-electron chi connectivity index (χ2n) is 3.50. The summed E-state index contributed by atoms with van der Waals surface area (Å²) in [6, 6.07) is 8.33. The lowest BCUT2D eigenvalue weighted by molar-refractivity contribution is 0.475. The Morgan fingerprint density at radius 1 is 1.19 bits per heavy atom. The van der Waals surface area contributed by atoms with E-state index in [0.29, 0.717) is 13.0 Å². The molecule has 4 heteroatoms. The molecule has 84 valence electrons. The highest BCUT2D eigenvalue weighted by atomic mass is 35.5. The van der Waals surface area contributed by atoms with Gasteiger partial charge in [-0.2, -0.15) is 0 Å². The fourth-order valence-corrected chi connectivity index (χ4v) is 1.68. The van der Waals surface area contributed by atoms with Crippen LogP contribution in [0.5, 0.6) is 0 Å². The molecule has 0 radical (unpaired) electrons. The first-order chi connectivity index (χ1) is 7.69. The minimum absolute atomic E-state index is 0.128. The molecule has 0 aliphatic carbocycles. The van der Waals surface area contributed by atoms with E-state index in [1.54, 1.807) is 12.1 Å². The zero-order chi connectivity index (χ0) is 11.5. The summed E-state index contributed by atoms with van der Waals surface area (Å²) >= 11 is 5.69. The van der Waals surface area contributed by atoms with E-state index in [0.717, 1.165) is 17.1 Å². The summed E-state index contributed by atoms with van der Waals surface area (Å²) in [6.07, 6.45) is 0.583. The van der Waals surface area contributed by atoms with Crippen molar-refractivity contribution < 1.29 is 8.81 Å². The number of benzene rings is 1. The molecule has 2 aromatic rings. The monoisotopic (exact) mass is 239 g/mol. The number of furan rings is 1. The third kappa shape index (κ3) is 2.43. The normalized spacial score (nSPS) is 10.7. The van der Waals surface area contributed by atoms with Crippen molar-refractivity contribution in [2.75, 3.05) is 0 Å². The van der Waals surface area contributed by atoms with Gasteiger partial charge in [-0.15, -0.1) is 0 Å². The van der Waals surface area contributed by atoms with Crippen LogP contribution in [-0.4, -0.2) is 0 Å². The van der Waals surface area contributed by atoms with Crippen LogP contribution >= 0.6 is 11.6 Å². The molecule has 2 nitrogen and oxygen atoms in total. The lowest BCUT2D eigenvalue weighted by Crippen LogP contribution is -1.93. The quantitative estimate of drug-likeness (QED) is 0.894. The van der Waals surface area contributed by atoms with E-state index in [1.807, 2.05) is 12.1 Å². The van der Waals surface area contributed by atoms with E-state index >= 15 is 0 Å². The molecule has 0 spiro atoms. The van der Waals surface area contributed by atoms with Gasteiger partial charge in [-0.1, -0.05) is 17.7 Å². The van der Waals surface area contributed by atoms with Crippen molar-refractivity contribution in [1.29, 1.82) is 0 Å². The fraction of sp³-hybridized carbons (Fsp3) is 0.167. The molecule has 0 saturated heterocycles. The maximum absolute atomic E-state index is 12.9. The minimum Gasteiger partial charge on any atom is -0.464 e. The number of nitrogens with two attached hydrogens (primary N) is 1. The zero-order valence-corrected chi connectivity index (χ0v) is 9.30. The molecule has 0 aliphatic rings. The molecule has 0 aliphatic heterocycles. The second kappa shape index (κ2) is 4.68. The van der Waals surface area contributed by atoms with Crippen molar-refractivity contribution in [2.45, 2.75) is 13.0 Å². The Kier molecular flexibility index (Phi) is 3.27. The van der Waals surface area contributed by atoms with Crippen LogP contribution in [0.4, 0.5) is 4.39 Å². The molecule has 16 heavy (non-hydrogen) atoms. The van der Waals surface area contributed by atoms with Gasteiger partial charge in [0.1, 0.15) is 17.3 Å². The van der Waals surface area contributed by atoms with E-state index in [4.69, 9.17) is 21.8 Å². The molecule has 0 fully saturated rings. The summed E-state index contributed by atoms with van der Waals surface area (Å²) in [5.74, 6) is 1.12. The Bertz CT molecular complexity index is 496. The van der Waals surface area contributed by atoms with Gasteiger partial charge in [0, 0.05) is 6.42 Å². The smallest absolute Gasteiger partial charge is 0.141 e. The lowest BCUT2D eigenvalue weighted by Gasteiger charge is -2.00. The summed E-state index contributed by atoms with van der Waals surface area (Å²) < 4.78 is 18.4. The van der Waals surface area contributed by atoms with Crippen molar-refractivity contribution in [3.63, 3.8) is 0 Å². The predicted molar refractivity (Wildman–Crippen MR) is 60.8 cm³/mol. The van der Waals surface area contributed by atoms with E-state index < -0.39 is 5.82 Å². The lowest BCUT2D eigenvalue weighted by atomic mass is 10.1. The first-order valence-corrected chi connectivity index (χ1v) is 5.28. The highest BCUT2D eigenvalue weighted by molar-refractivity contribution is 6.30. The van der Waals surface area contributed by atoms with Crippen LogP contribution in [-0.2, 0) is 13.0 Å². The molecular formula is C12H11ClFNO. The van der Waals surface area contributed by atoms with Crippen LogP contribution in [0.2, 0.25) is 5.02 Å². The molecule has 0 amide bonds. The van der Waals surface area contributed by atoms with Gasteiger partial charge >= 0.3 is 0 Å². The van der Waals surface area contributed by atoms with Gasteiger partial charge in [-0.25, -0.2) is 4.39 Å². The number of hydrogen-bond acceptors (Lipinski definition) is 2. The Hall–Kier alpha value is -1.32. The van der Waals surface area contributed by atoms with Crippen molar-refractivity contribution in [1.82, 2.24) is 0 Å². The Labute approximate surface area is 97.8 Å². The van der Waals surface area contributed by atoms with E-state index in [1.165, 1.54) is 6.07 Å². The standard InChI is InChI=1S/C12H11ClFNO/c13-11-6-8(1-4-12(11)14)5-9-2-3-10(7-15)16-9/h1-4,6H,5,7,15H2. The van der Waals surface area contributed by atoms with Gasteiger partial charge in [0.05, 0.1) is 11.6 Å². The van der Waals surface area contributed by atoms with E-state index in [-0.39, 0.29) is 5.02 Å². The molecule has 1 aromatic carbocycles. The number of hydrogen-bond donors (Lipinski definition) is 1. The van der Waals surface area contributed by atoms with Crippen molar-refractivity contribution in [2.24, 2.45) is 5.73 Å². The molecule has 1 heterocycles. The first-order valence-electron chi connectivity index (χ1n) is 4.90. The second-order valence-corrected chi connectivity index (χ2v) is 3.90. The maximum atomic E-state index is 12.9. The summed E-state index contributed by atoms with van der Waals surface area (Å²) in [6.45, 7) is 0.379. The first kappa shape index (κ1) is 11.2. The molecule has 0 atom stereocenters. The Balaban J connectivity index is 2.17. The summed E-state index contributed by atoms with van der Waals surface area (Å²) in [7, 11) is 0. The highest BCUT2D eigenvalue weighted by Gasteiger charge is 2.05. The van der Waals surface area contributed by atoms with E-state index in [2.05, 4.69) is 0 Å². The topological polar surface area (TPSA) is 39.2 Å². The van der Waals surface area contributed by atoms with Crippen LogP contribution in [0.3, 0.4) is 0 Å². The van der Waals surface area contributed by atoms with Crippen molar-refractivity contribution in [3.05, 3.63) is 58.3 Å². The summed E-state index contributed by atoms with van der Waals surface area (Å²) in [5.41, 5.74) is 6.34. The third-order valence-corrected chi connectivity index (χ3v) is 2.57. The van der Waals surface area contributed by atoms with Crippen LogP contribution < -0.4 is 5.73 Å². The van der Waals surface area contributed by atoms with E-state index in [9.17, 15) is 4.39 Å². The molecule has 0 unspecified atom stereocenters. The minimum atomic E-state index is -0.410. The molecule has 0 saturated carbocycles. The number of halogens is 2. The van der Waals surface area contributed by atoms with Crippen molar-refractivity contribution >= 4 is 11.6 Å². The largest absolute Gasteiger partial charge is 0.464 e. The fourth-order valence-electron chi connectivity index (χ4n) is 1.48. The summed E-state index contributed by atoms with van der Waals surface area (Å²) in [4.78, 5) is 0.